The number of aromatic nitrogens is 1. The van der Waals surface area contributed by atoms with Gasteiger partial charge in [0, 0.05) is 18.2 Å². The first-order valence-corrected chi connectivity index (χ1v) is 12.7. The standard InChI is InChI=1S/C30H32FN3O6/c1-30(2,3)40-26(36)18-23(25(35)19-31)33-28(38)24(17-20-11-6-4-7-12-20)34-16-10-15-22(29(34)39)32-27(37)21-13-8-5-9-14-21/h4-16,23-24H,17-19H2,1-3H3,(H,32,37)(H,33,38)/t23?,24-/m0/s1. The Bertz CT molecular complexity index is 1400. The number of pyridine rings is 1. The summed E-state index contributed by atoms with van der Waals surface area (Å²) in [5, 5.41) is 5.01. The molecule has 1 unspecified atom stereocenters. The minimum Gasteiger partial charge on any atom is -0.460 e. The third kappa shape index (κ3) is 8.45. The van der Waals surface area contributed by atoms with Crippen LogP contribution in [0, 0.1) is 0 Å². The van der Waals surface area contributed by atoms with Crippen LogP contribution in [-0.4, -0.2) is 46.5 Å². The largest absolute Gasteiger partial charge is 0.460 e. The predicted molar refractivity (Wildman–Crippen MR) is 148 cm³/mol. The number of nitrogens with zero attached hydrogens (tertiary/aromatic N) is 1. The monoisotopic (exact) mass is 549 g/mol. The Kier molecular flexibility index (Phi) is 10.1. The van der Waals surface area contributed by atoms with Crippen molar-refractivity contribution in [1.29, 1.82) is 0 Å². The molecule has 2 amide bonds. The highest BCUT2D eigenvalue weighted by Crippen LogP contribution is 2.17. The lowest BCUT2D eigenvalue weighted by Gasteiger charge is -2.25. The second-order valence-electron chi connectivity index (χ2n) is 10.1. The van der Waals surface area contributed by atoms with Crippen molar-refractivity contribution in [2.75, 3.05) is 12.0 Å². The third-order valence-electron chi connectivity index (χ3n) is 5.80. The molecule has 0 saturated heterocycles. The molecule has 10 heteroatoms. The zero-order chi connectivity index (χ0) is 29.3. The number of hydrogen-bond acceptors (Lipinski definition) is 6. The van der Waals surface area contributed by atoms with E-state index >= 15 is 0 Å². The number of halogens is 1. The van der Waals surface area contributed by atoms with Gasteiger partial charge in [0.05, 0.1) is 6.42 Å². The Morgan fingerprint density at radius 2 is 1.55 bits per heavy atom. The number of nitrogens with one attached hydrogen (secondary N) is 2. The smallest absolute Gasteiger partial charge is 0.308 e. The number of carbonyl (C=O) groups excluding carboxylic acids is 4. The van der Waals surface area contributed by atoms with Gasteiger partial charge in [-0.3, -0.25) is 24.0 Å². The first-order valence-electron chi connectivity index (χ1n) is 12.7. The number of carbonyl (C=O) groups is 4. The Hall–Kier alpha value is -4.60. The van der Waals surface area contributed by atoms with Crippen molar-refractivity contribution in [3.05, 3.63) is 100 Å². The first kappa shape index (κ1) is 29.9. The lowest BCUT2D eigenvalue weighted by Crippen LogP contribution is -2.48. The maximum Gasteiger partial charge on any atom is 0.308 e. The van der Waals surface area contributed by atoms with Crippen LogP contribution in [0.25, 0.3) is 0 Å². The summed E-state index contributed by atoms with van der Waals surface area (Å²) in [6.07, 6.45) is 0.838. The molecule has 0 saturated carbocycles. The molecule has 1 heterocycles. The lowest BCUT2D eigenvalue weighted by molar-refractivity contribution is -0.156. The van der Waals surface area contributed by atoms with Crippen molar-refractivity contribution in [2.45, 2.75) is 51.3 Å². The SMILES string of the molecule is CC(C)(C)OC(=O)CC(NC(=O)[C@H](Cc1ccccc1)n1cccc(NC(=O)c2ccccc2)c1=O)C(=O)CF. The number of Topliss-reactive ketones (excluding diaryl/α,β-unsaturated/α-hetero) is 1. The van der Waals surface area contributed by atoms with Crippen molar-refractivity contribution in [2.24, 2.45) is 0 Å². The summed E-state index contributed by atoms with van der Waals surface area (Å²) in [6, 6.07) is 17.4. The van der Waals surface area contributed by atoms with Crippen LogP contribution in [0.3, 0.4) is 0 Å². The number of alkyl halides is 1. The van der Waals surface area contributed by atoms with Gasteiger partial charge in [-0.25, -0.2) is 4.39 Å². The van der Waals surface area contributed by atoms with Crippen LogP contribution in [0.2, 0.25) is 0 Å². The molecule has 0 spiro atoms. The van der Waals surface area contributed by atoms with E-state index in [0.29, 0.717) is 11.1 Å². The molecular weight excluding hydrogens is 517 g/mol. The van der Waals surface area contributed by atoms with Gasteiger partial charge < -0.3 is 19.9 Å². The number of ketones is 1. The highest BCUT2D eigenvalue weighted by atomic mass is 19.1. The Labute approximate surface area is 231 Å². The number of rotatable bonds is 11. The second-order valence-corrected chi connectivity index (χ2v) is 10.1. The van der Waals surface area contributed by atoms with E-state index in [-0.39, 0.29) is 12.1 Å². The summed E-state index contributed by atoms with van der Waals surface area (Å²) < 4.78 is 19.7. The molecule has 0 aliphatic rings. The van der Waals surface area contributed by atoms with E-state index in [0.717, 1.165) is 4.57 Å². The van der Waals surface area contributed by atoms with Gasteiger partial charge in [0.2, 0.25) is 5.91 Å². The number of amides is 2. The maximum absolute atomic E-state index is 13.6. The molecule has 1 aromatic heterocycles. The zero-order valence-corrected chi connectivity index (χ0v) is 22.6. The van der Waals surface area contributed by atoms with Crippen LogP contribution in [0.1, 0.15) is 49.2 Å². The summed E-state index contributed by atoms with van der Waals surface area (Å²) >= 11 is 0. The van der Waals surface area contributed by atoms with E-state index in [1.807, 2.05) is 0 Å². The molecule has 0 bridgehead atoms. The molecular formula is C30H32FN3O6. The fraction of sp³-hybridized carbons (Fsp3) is 0.300. The van der Waals surface area contributed by atoms with E-state index in [4.69, 9.17) is 4.74 Å². The molecule has 210 valence electrons. The molecule has 40 heavy (non-hydrogen) atoms. The minimum atomic E-state index is -1.50. The summed E-state index contributed by atoms with van der Waals surface area (Å²) in [5.74, 6) is -3.09. The van der Waals surface area contributed by atoms with Crippen LogP contribution >= 0.6 is 0 Å². The van der Waals surface area contributed by atoms with E-state index < -0.39 is 59.9 Å². The molecule has 0 fully saturated rings. The maximum atomic E-state index is 13.6. The Morgan fingerprint density at radius 1 is 0.925 bits per heavy atom. The van der Waals surface area contributed by atoms with Crippen LogP contribution in [0.5, 0.6) is 0 Å². The molecule has 0 aliphatic carbocycles. The quantitative estimate of drug-likeness (QED) is 0.352. The summed E-state index contributed by atoms with van der Waals surface area (Å²) in [5.41, 5.74) is -0.534. The van der Waals surface area contributed by atoms with Gasteiger partial charge in [0.1, 0.15) is 30.0 Å². The van der Waals surface area contributed by atoms with Crippen molar-refractivity contribution in [1.82, 2.24) is 9.88 Å². The highest BCUT2D eigenvalue weighted by Gasteiger charge is 2.31. The molecule has 2 aromatic carbocycles. The van der Waals surface area contributed by atoms with E-state index in [1.165, 1.54) is 18.3 Å². The highest BCUT2D eigenvalue weighted by molar-refractivity contribution is 6.04. The number of esters is 1. The number of ether oxygens (including phenoxy) is 1. The number of anilines is 1. The fourth-order valence-corrected chi connectivity index (χ4v) is 3.95. The van der Waals surface area contributed by atoms with Crippen LogP contribution in [0.15, 0.2) is 83.8 Å². The Morgan fingerprint density at radius 3 is 2.15 bits per heavy atom. The van der Waals surface area contributed by atoms with Crippen molar-refractivity contribution >= 4 is 29.3 Å². The molecule has 9 nitrogen and oxygen atoms in total. The minimum absolute atomic E-state index is 0.0334. The summed E-state index contributed by atoms with van der Waals surface area (Å²) in [4.78, 5) is 64.4. The molecule has 3 aromatic rings. The van der Waals surface area contributed by atoms with Crippen molar-refractivity contribution in [3.8, 4) is 0 Å². The number of benzene rings is 2. The van der Waals surface area contributed by atoms with Gasteiger partial charge >= 0.3 is 5.97 Å². The normalized spacial score (nSPS) is 12.6. The van der Waals surface area contributed by atoms with Crippen molar-refractivity contribution < 1.29 is 28.3 Å². The first-order chi connectivity index (χ1) is 19.0. The molecule has 2 N–H and O–H groups in total. The van der Waals surface area contributed by atoms with Gasteiger partial charge in [-0.15, -0.1) is 0 Å². The molecule has 0 radical (unpaired) electrons. The average Bonchev–Trinajstić information content (AvgIpc) is 2.92. The fourth-order valence-electron chi connectivity index (χ4n) is 3.95. The molecule has 2 atom stereocenters. The van der Waals surface area contributed by atoms with Gasteiger partial charge in [-0.05, 0) is 50.6 Å². The molecule has 0 aliphatic heterocycles. The predicted octanol–water partition coefficient (Wildman–Crippen LogP) is 3.64. The zero-order valence-electron chi connectivity index (χ0n) is 22.6. The van der Waals surface area contributed by atoms with Crippen LogP contribution < -0.4 is 16.2 Å². The van der Waals surface area contributed by atoms with Gasteiger partial charge in [0.25, 0.3) is 11.5 Å². The topological polar surface area (TPSA) is 124 Å². The van der Waals surface area contributed by atoms with Gasteiger partial charge in [-0.1, -0.05) is 48.5 Å². The van der Waals surface area contributed by atoms with Crippen LogP contribution in [-0.2, 0) is 25.5 Å². The van der Waals surface area contributed by atoms with E-state index in [1.54, 1.807) is 81.4 Å². The Balaban J connectivity index is 1.93. The lowest BCUT2D eigenvalue weighted by atomic mass is 10.0. The number of hydrogen-bond donors (Lipinski definition) is 2. The second kappa shape index (κ2) is 13.5. The van der Waals surface area contributed by atoms with Crippen molar-refractivity contribution in [3.63, 3.8) is 0 Å². The van der Waals surface area contributed by atoms with Gasteiger partial charge in [0.15, 0.2) is 5.78 Å². The third-order valence-corrected chi connectivity index (χ3v) is 5.80. The van der Waals surface area contributed by atoms with E-state index in [2.05, 4.69) is 10.6 Å². The van der Waals surface area contributed by atoms with Crippen LogP contribution in [0.4, 0.5) is 10.1 Å². The summed E-state index contributed by atoms with van der Waals surface area (Å²) in [6.45, 7) is 3.52. The van der Waals surface area contributed by atoms with Gasteiger partial charge in [-0.2, -0.15) is 0 Å². The van der Waals surface area contributed by atoms with E-state index in [9.17, 15) is 28.4 Å². The molecule has 3 rings (SSSR count). The average molecular weight is 550 g/mol. The summed E-state index contributed by atoms with van der Waals surface area (Å²) in [7, 11) is 0.